The minimum Gasteiger partial charge on any atom is -0.485 e. The second kappa shape index (κ2) is 8.81. The molecule has 2 aromatic rings. The molecular weight excluding hydrogens is 284 g/mol. The topological polar surface area (TPSA) is 85.5 Å². The number of ether oxygens (including phenoxy) is 1. The lowest BCUT2D eigenvalue weighted by Crippen LogP contribution is -2.00. The number of carbonyl (C=O) groups is 1. The molecule has 1 N–H and O–H groups in total. The van der Waals surface area contributed by atoms with Crippen LogP contribution in [0.25, 0.3) is 0 Å². The van der Waals surface area contributed by atoms with Crippen LogP contribution in [0.1, 0.15) is 43.5 Å². The number of hydrogen-bond acceptors (Lipinski definition) is 5. The first kappa shape index (κ1) is 16.0. The molecule has 0 aliphatic heterocycles. The molecule has 0 bridgehead atoms. The molecule has 0 amide bonds. The molecule has 0 aliphatic carbocycles. The fraction of sp³-hybridized carbons (Fsp3) is 0.438. The van der Waals surface area contributed by atoms with Crippen LogP contribution in [0.15, 0.2) is 35.2 Å². The number of aromatic nitrogens is 2. The van der Waals surface area contributed by atoms with Gasteiger partial charge in [0, 0.05) is 6.42 Å². The number of nitrogens with zero attached hydrogens (tertiary/aromatic N) is 2. The third-order valence-electron chi connectivity index (χ3n) is 3.32. The molecule has 22 heavy (non-hydrogen) atoms. The predicted molar refractivity (Wildman–Crippen MR) is 79.5 cm³/mol. The first-order valence-electron chi connectivity index (χ1n) is 7.43. The van der Waals surface area contributed by atoms with Crippen LogP contribution < -0.4 is 4.74 Å². The van der Waals surface area contributed by atoms with Gasteiger partial charge in [-0.3, -0.25) is 4.79 Å². The lowest BCUT2D eigenvalue weighted by atomic mass is 10.0. The summed E-state index contributed by atoms with van der Waals surface area (Å²) in [4.78, 5) is 14.4. The molecule has 6 heteroatoms. The first-order valence-corrected chi connectivity index (χ1v) is 7.43. The number of rotatable bonds is 10. The predicted octanol–water partition coefficient (Wildman–Crippen LogP) is 3.23. The molecule has 6 nitrogen and oxygen atoms in total. The van der Waals surface area contributed by atoms with Crippen LogP contribution in [0.2, 0.25) is 0 Å². The summed E-state index contributed by atoms with van der Waals surface area (Å²) >= 11 is 0. The summed E-state index contributed by atoms with van der Waals surface area (Å²) in [6.07, 6.45) is 6.17. The molecule has 118 valence electrons. The van der Waals surface area contributed by atoms with E-state index in [1.807, 2.05) is 24.3 Å². The third-order valence-corrected chi connectivity index (χ3v) is 3.32. The van der Waals surface area contributed by atoms with E-state index in [1.165, 1.54) is 6.39 Å². The maximum absolute atomic E-state index is 10.4. The number of carboxylic acid groups (broad SMARTS) is 1. The highest BCUT2D eigenvalue weighted by Crippen LogP contribution is 2.21. The fourth-order valence-corrected chi connectivity index (χ4v) is 2.19. The normalized spacial score (nSPS) is 10.5. The molecule has 1 aromatic carbocycles. The Morgan fingerprint density at radius 1 is 1.18 bits per heavy atom. The van der Waals surface area contributed by atoms with E-state index in [-0.39, 0.29) is 13.0 Å². The highest BCUT2D eigenvalue weighted by molar-refractivity contribution is 5.66. The van der Waals surface area contributed by atoms with E-state index in [2.05, 4.69) is 14.7 Å². The van der Waals surface area contributed by atoms with E-state index >= 15 is 0 Å². The number of carboxylic acids is 1. The monoisotopic (exact) mass is 304 g/mol. The largest absolute Gasteiger partial charge is 0.485 e. The van der Waals surface area contributed by atoms with Crippen LogP contribution >= 0.6 is 0 Å². The number of benzene rings is 1. The molecular formula is C16H20N2O4. The maximum Gasteiger partial charge on any atom is 0.303 e. The Morgan fingerprint density at radius 3 is 2.77 bits per heavy atom. The van der Waals surface area contributed by atoms with Crippen LogP contribution in [-0.4, -0.2) is 21.2 Å². The van der Waals surface area contributed by atoms with E-state index in [4.69, 9.17) is 9.84 Å². The van der Waals surface area contributed by atoms with Crippen LogP contribution in [-0.2, 0) is 17.8 Å². The van der Waals surface area contributed by atoms with E-state index in [0.29, 0.717) is 5.82 Å². The van der Waals surface area contributed by atoms with Gasteiger partial charge < -0.3 is 14.4 Å². The molecule has 0 atom stereocenters. The lowest BCUT2D eigenvalue weighted by molar-refractivity contribution is -0.137. The summed E-state index contributed by atoms with van der Waals surface area (Å²) in [5, 5.41) is 12.3. The van der Waals surface area contributed by atoms with Crippen molar-refractivity contribution >= 4 is 5.97 Å². The van der Waals surface area contributed by atoms with Crippen molar-refractivity contribution in [3.05, 3.63) is 42.0 Å². The maximum atomic E-state index is 10.4. The van der Waals surface area contributed by atoms with Gasteiger partial charge in [-0.15, -0.1) is 0 Å². The van der Waals surface area contributed by atoms with E-state index in [1.54, 1.807) is 0 Å². The fourth-order valence-electron chi connectivity index (χ4n) is 2.19. The molecule has 0 spiro atoms. The van der Waals surface area contributed by atoms with Gasteiger partial charge in [0.25, 0.3) is 0 Å². The first-order chi connectivity index (χ1) is 10.8. The summed E-state index contributed by atoms with van der Waals surface area (Å²) in [5.74, 6) is 0.626. The van der Waals surface area contributed by atoms with Crippen LogP contribution in [0.3, 0.4) is 0 Å². The molecule has 0 saturated heterocycles. The molecule has 0 fully saturated rings. The minimum absolute atomic E-state index is 0.254. The van der Waals surface area contributed by atoms with Gasteiger partial charge in [-0.2, -0.15) is 4.98 Å². The zero-order valence-corrected chi connectivity index (χ0v) is 12.4. The average Bonchev–Trinajstić information content (AvgIpc) is 3.02. The van der Waals surface area contributed by atoms with E-state index < -0.39 is 5.97 Å². The van der Waals surface area contributed by atoms with Crippen LogP contribution in [0.4, 0.5) is 0 Å². The Morgan fingerprint density at radius 2 is 2.00 bits per heavy atom. The van der Waals surface area contributed by atoms with Crippen molar-refractivity contribution in [3.8, 4) is 5.75 Å². The Hall–Kier alpha value is -2.37. The Bertz CT molecular complexity index is 569. The number of hydrogen-bond donors (Lipinski definition) is 1. The molecule has 2 rings (SSSR count). The average molecular weight is 304 g/mol. The summed E-state index contributed by atoms with van der Waals surface area (Å²) < 4.78 is 10.4. The van der Waals surface area contributed by atoms with Gasteiger partial charge in [-0.05, 0) is 30.9 Å². The van der Waals surface area contributed by atoms with Gasteiger partial charge in [-0.1, -0.05) is 36.2 Å². The number of para-hydroxylation sites is 1. The zero-order valence-electron chi connectivity index (χ0n) is 12.4. The van der Waals surface area contributed by atoms with Crippen molar-refractivity contribution in [2.45, 2.75) is 45.1 Å². The van der Waals surface area contributed by atoms with Gasteiger partial charge in [0.15, 0.2) is 6.61 Å². The van der Waals surface area contributed by atoms with Crippen molar-refractivity contribution < 1.29 is 19.2 Å². The second-order valence-electron chi connectivity index (χ2n) is 5.05. The van der Waals surface area contributed by atoms with Crippen molar-refractivity contribution in [1.82, 2.24) is 10.1 Å². The lowest BCUT2D eigenvalue weighted by Gasteiger charge is -2.10. The summed E-state index contributed by atoms with van der Waals surface area (Å²) in [7, 11) is 0. The summed E-state index contributed by atoms with van der Waals surface area (Å²) in [5.41, 5.74) is 1.14. The third kappa shape index (κ3) is 5.55. The van der Waals surface area contributed by atoms with Gasteiger partial charge in [-0.25, -0.2) is 0 Å². The highest BCUT2D eigenvalue weighted by Gasteiger charge is 2.05. The zero-order chi connectivity index (χ0) is 15.6. The van der Waals surface area contributed by atoms with Crippen molar-refractivity contribution in [1.29, 1.82) is 0 Å². The van der Waals surface area contributed by atoms with Crippen molar-refractivity contribution in [3.63, 3.8) is 0 Å². The number of unbranched alkanes of at least 4 members (excludes halogenated alkanes) is 3. The Balaban J connectivity index is 1.74. The van der Waals surface area contributed by atoms with Gasteiger partial charge in [0.1, 0.15) is 5.75 Å². The van der Waals surface area contributed by atoms with Gasteiger partial charge in [0.05, 0.1) is 0 Å². The van der Waals surface area contributed by atoms with E-state index in [0.717, 1.165) is 43.4 Å². The minimum atomic E-state index is -0.722. The smallest absolute Gasteiger partial charge is 0.303 e. The summed E-state index contributed by atoms with van der Waals surface area (Å²) in [6, 6.07) is 7.89. The Kier molecular flexibility index (Phi) is 6.41. The summed E-state index contributed by atoms with van der Waals surface area (Å²) in [6.45, 7) is 0.284. The SMILES string of the molecule is O=C(O)CCCCCCc1ccccc1OCc1ncon1. The van der Waals surface area contributed by atoms with E-state index in [9.17, 15) is 4.79 Å². The molecule has 0 unspecified atom stereocenters. The molecule has 0 saturated carbocycles. The van der Waals surface area contributed by atoms with Crippen LogP contribution in [0, 0.1) is 0 Å². The molecule has 0 aliphatic rings. The van der Waals surface area contributed by atoms with Crippen molar-refractivity contribution in [2.24, 2.45) is 0 Å². The number of aliphatic carboxylic acids is 1. The quantitative estimate of drug-likeness (QED) is 0.678. The Labute approximate surface area is 129 Å². The van der Waals surface area contributed by atoms with Gasteiger partial charge in [0.2, 0.25) is 12.2 Å². The van der Waals surface area contributed by atoms with Gasteiger partial charge >= 0.3 is 5.97 Å². The standard InChI is InChI=1S/C16H20N2O4/c19-16(20)10-4-2-1-3-7-13-8-5-6-9-14(13)21-11-15-17-12-22-18-15/h5-6,8-9,12H,1-4,7,10-11H2,(H,19,20). The molecule has 1 aromatic heterocycles. The molecule has 1 heterocycles. The second-order valence-corrected chi connectivity index (χ2v) is 5.05. The molecule has 0 radical (unpaired) electrons. The van der Waals surface area contributed by atoms with Crippen LogP contribution in [0.5, 0.6) is 5.75 Å². The van der Waals surface area contributed by atoms with Crippen molar-refractivity contribution in [2.75, 3.05) is 0 Å². The highest BCUT2D eigenvalue weighted by atomic mass is 16.5. The number of aryl methyl sites for hydroxylation is 1.